The third-order valence-electron chi connectivity index (χ3n) is 5.62. The molecule has 4 rings (SSSR count). The Morgan fingerprint density at radius 3 is 2.64 bits per heavy atom. The summed E-state index contributed by atoms with van der Waals surface area (Å²) >= 11 is 0. The van der Waals surface area contributed by atoms with Crippen molar-refractivity contribution >= 4 is 29.0 Å². The number of aromatic nitrogens is 2. The first kappa shape index (κ1) is 22.1. The van der Waals surface area contributed by atoms with Crippen LogP contribution in [0, 0.1) is 0 Å². The van der Waals surface area contributed by atoms with Crippen LogP contribution in [0.3, 0.4) is 0 Å². The lowest BCUT2D eigenvalue weighted by molar-refractivity contribution is -0.116. The van der Waals surface area contributed by atoms with E-state index in [1.54, 1.807) is 29.2 Å². The van der Waals surface area contributed by atoms with E-state index in [2.05, 4.69) is 10.4 Å². The van der Waals surface area contributed by atoms with E-state index in [9.17, 15) is 19.2 Å². The fourth-order valence-corrected chi connectivity index (χ4v) is 3.97. The van der Waals surface area contributed by atoms with Crippen LogP contribution in [-0.2, 0) is 17.8 Å². The van der Waals surface area contributed by atoms with Crippen LogP contribution in [0.1, 0.15) is 46.7 Å². The first-order valence-electron chi connectivity index (χ1n) is 10.7. The average Bonchev–Trinajstić information content (AvgIpc) is 3.13. The van der Waals surface area contributed by atoms with Gasteiger partial charge in [0.2, 0.25) is 5.91 Å². The van der Waals surface area contributed by atoms with Gasteiger partial charge in [-0.15, -0.1) is 0 Å². The molecule has 0 spiro atoms. The maximum absolute atomic E-state index is 13.2. The maximum Gasteiger partial charge on any atom is 0.278 e. The van der Waals surface area contributed by atoms with Crippen LogP contribution in [0.25, 0.3) is 0 Å². The van der Waals surface area contributed by atoms with Crippen molar-refractivity contribution in [1.29, 1.82) is 0 Å². The van der Waals surface area contributed by atoms with Crippen molar-refractivity contribution in [2.24, 2.45) is 0 Å². The number of anilines is 2. The summed E-state index contributed by atoms with van der Waals surface area (Å²) in [6.07, 6.45) is 0.740. The number of nitrogens with zero attached hydrogens (tertiary/aromatic N) is 3. The van der Waals surface area contributed by atoms with Crippen molar-refractivity contribution in [2.75, 3.05) is 10.2 Å². The standard InChI is InChI=1S/C25H24N4O4/c1-16-14-19-6-3-4-9-22(19)29(16)25(33)21-10-11-24(32)28(27-21)13-12-23(31)26-20-8-5-7-18(15-20)17(2)30/h3-11,15-16H,12-14H2,1-2H3,(H,26,31)/t16-/m0/s1. The molecule has 33 heavy (non-hydrogen) atoms. The molecule has 168 valence electrons. The van der Waals surface area contributed by atoms with Crippen LogP contribution >= 0.6 is 0 Å². The summed E-state index contributed by atoms with van der Waals surface area (Å²) in [5, 5.41) is 6.95. The summed E-state index contributed by atoms with van der Waals surface area (Å²) in [6, 6.07) is 17.1. The number of benzene rings is 2. The van der Waals surface area contributed by atoms with Crippen molar-refractivity contribution in [2.45, 2.75) is 39.3 Å². The van der Waals surface area contributed by atoms with Crippen LogP contribution in [0.15, 0.2) is 65.5 Å². The van der Waals surface area contributed by atoms with Crippen LogP contribution in [-0.4, -0.2) is 33.4 Å². The van der Waals surface area contributed by atoms with Crippen LogP contribution in [0.4, 0.5) is 11.4 Å². The number of rotatable bonds is 6. The minimum absolute atomic E-state index is 0.0161. The monoisotopic (exact) mass is 444 g/mol. The summed E-state index contributed by atoms with van der Waals surface area (Å²) < 4.78 is 1.13. The number of carbonyl (C=O) groups excluding carboxylic acids is 3. The number of hydrogen-bond donors (Lipinski definition) is 1. The second kappa shape index (κ2) is 9.20. The minimum atomic E-state index is -0.396. The zero-order valence-electron chi connectivity index (χ0n) is 18.4. The average molecular weight is 444 g/mol. The molecule has 0 bridgehead atoms. The molecule has 0 fully saturated rings. The molecule has 0 aliphatic carbocycles. The van der Waals surface area contributed by atoms with Gasteiger partial charge in [-0.2, -0.15) is 5.10 Å². The summed E-state index contributed by atoms with van der Waals surface area (Å²) in [7, 11) is 0. The molecule has 2 amide bonds. The zero-order valence-corrected chi connectivity index (χ0v) is 18.4. The van der Waals surface area contributed by atoms with Gasteiger partial charge >= 0.3 is 0 Å². The van der Waals surface area contributed by atoms with Crippen LogP contribution < -0.4 is 15.8 Å². The van der Waals surface area contributed by atoms with Crippen LogP contribution in [0.5, 0.6) is 0 Å². The summed E-state index contributed by atoms with van der Waals surface area (Å²) in [5.41, 5.74) is 2.69. The molecule has 1 N–H and O–H groups in total. The van der Waals surface area contributed by atoms with Gasteiger partial charge in [0, 0.05) is 35.5 Å². The fourth-order valence-electron chi connectivity index (χ4n) is 3.97. The lowest BCUT2D eigenvalue weighted by Gasteiger charge is -2.22. The fraction of sp³-hybridized carbons (Fsp3) is 0.240. The molecule has 0 saturated carbocycles. The molecule has 1 aromatic heterocycles. The van der Waals surface area contributed by atoms with Gasteiger partial charge in [0.15, 0.2) is 5.78 Å². The minimum Gasteiger partial charge on any atom is -0.326 e. The molecule has 0 unspecified atom stereocenters. The number of amides is 2. The van der Waals surface area contributed by atoms with Gasteiger partial charge in [-0.1, -0.05) is 30.3 Å². The van der Waals surface area contributed by atoms with E-state index in [0.29, 0.717) is 11.3 Å². The Labute approximate surface area is 190 Å². The maximum atomic E-state index is 13.2. The molecular weight excluding hydrogens is 420 g/mol. The predicted molar refractivity (Wildman–Crippen MR) is 125 cm³/mol. The van der Waals surface area contributed by atoms with E-state index in [0.717, 1.165) is 22.4 Å². The van der Waals surface area contributed by atoms with E-state index in [4.69, 9.17) is 0 Å². The third-order valence-corrected chi connectivity index (χ3v) is 5.62. The first-order chi connectivity index (χ1) is 15.8. The Bertz CT molecular complexity index is 1300. The molecule has 1 aliphatic heterocycles. The Balaban J connectivity index is 1.46. The number of nitrogens with one attached hydrogen (secondary N) is 1. The van der Waals surface area contributed by atoms with E-state index in [1.165, 1.54) is 19.1 Å². The van der Waals surface area contributed by atoms with Crippen molar-refractivity contribution in [3.8, 4) is 0 Å². The number of fused-ring (bicyclic) bond motifs is 1. The Morgan fingerprint density at radius 1 is 1.06 bits per heavy atom. The zero-order chi connectivity index (χ0) is 23.5. The molecule has 2 aromatic carbocycles. The summed E-state index contributed by atoms with van der Waals surface area (Å²) in [6.45, 7) is 3.44. The number of para-hydroxylation sites is 1. The molecule has 8 nitrogen and oxygen atoms in total. The van der Waals surface area contributed by atoms with Gasteiger partial charge in [0.05, 0.1) is 6.54 Å². The first-order valence-corrected chi connectivity index (χ1v) is 10.7. The lowest BCUT2D eigenvalue weighted by Crippen LogP contribution is -2.37. The quantitative estimate of drug-likeness (QED) is 0.589. The van der Waals surface area contributed by atoms with Crippen molar-refractivity contribution in [3.63, 3.8) is 0 Å². The van der Waals surface area contributed by atoms with E-state index >= 15 is 0 Å². The van der Waals surface area contributed by atoms with Gasteiger partial charge in [-0.3, -0.25) is 19.2 Å². The Morgan fingerprint density at radius 2 is 1.85 bits per heavy atom. The number of carbonyl (C=O) groups is 3. The van der Waals surface area contributed by atoms with Gasteiger partial charge in [-0.05, 0) is 50.1 Å². The molecule has 2 heterocycles. The molecule has 3 aromatic rings. The van der Waals surface area contributed by atoms with E-state index in [-0.39, 0.29) is 42.3 Å². The van der Waals surface area contributed by atoms with E-state index in [1.807, 2.05) is 31.2 Å². The van der Waals surface area contributed by atoms with Gasteiger partial charge in [-0.25, -0.2) is 4.68 Å². The number of hydrogen-bond acceptors (Lipinski definition) is 5. The van der Waals surface area contributed by atoms with Gasteiger partial charge < -0.3 is 10.2 Å². The lowest BCUT2D eigenvalue weighted by atomic mass is 10.1. The summed E-state index contributed by atoms with van der Waals surface area (Å²) in [5.74, 6) is -0.715. The molecule has 0 saturated heterocycles. The van der Waals surface area contributed by atoms with Crippen molar-refractivity contribution < 1.29 is 14.4 Å². The predicted octanol–water partition coefficient (Wildman–Crippen LogP) is 3.07. The molecule has 1 aliphatic rings. The number of Topliss-reactive ketones (excluding diaryl/α,β-unsaturated/α-hetero) is 1. The summed E-state index contributed by atoms with van der Waals surface area (Å²) in [4.78, 5) is 51.0. The molecular formula is C25H24N4O4. The normalized spacial score (nSPS) is 14.6. The highest BCUT2D eigenvalue weighted by molar-refractivity contribution is 6.06. The largest absolute Gasteiger partial charge is 0.326 e. The SMILES string of the molecule is CC(=O)c1cccc(NC(=O)CCn2nc(C(=O)N3c4ccccc4C[C@@H]3C)ccc2=O)c1. The topological polar surface area (TPSA) is 101 Å². The highest BCUT2D eigenvalue weighted by Crippen LogP contribution is 2.32. The second-order valence-electron chi connectivity index (χ2n) is 8.07. The van der Waals surface area contributed by atoms with Gasteiger partial charge in [0.1, 0.15) is 5.69 Å². The second-order valence-corrected chi connectivity index (χ2v) is 8.07. The molecule has 0 radical (unpaired) electrons. The number of aryl methyl sites for hydroxylation is 1. The molecule has 1 atom stereocenters. The highest BCUT2D eigenvalue weighted by atomic mass is 16.2. The molecule has 8 heteroatoms. The van der Waals surface area contributed by atoms with Crippen molar-refractivity contribution in [1.82, 2.24) is 9.78 Å². The van der Waals surface area contributed by atoms with Gasteiger partial charge in [0.25, 0.3) is 11.5 Å². The van der Waals surface area contributed by atoms with Crippen molar-refractivity contribution in [3.05, 3.63) is 87.8 Å². The smallest absolute Gasteiger partial charge is 0.278 e. The Kier molecular flexibility index (Phi) is 6.17. The number of ketones is 1. The van der Waals surface area contributed by atoms with Crippen LogP contribution in [0.2, 0.25) is 0 Å². The Hall–Kier alpha value is -4.07. The van der Waals surface area contributed by atoms with E-state index < -0.39 is 5.56 Å². The third kappa shape index (κ3) is 4.74. The highest BCUT2D eigenvalue weighted by Gasteiger charge is 2.32.